The van der Waals surface area contributed by atoms with Gasteiger partial charge >= 0.3 is 0 Å². The zero-order valence-electron chi connectivity index (χ0n) is 23.4. The third-order valence-corrected chi connectivity index (χ3v) is 7.88. The van der Waals surface area contributed by atoms with Crippen LogP contribution in [-0.4, -0.2) is 54.5 Å². The summed E-state index contributed by atoms with van der Waals surface area (Å²) in [5, 5.41) is 14.5. The summed E-state index contributed by atoms with van der Waals surface area (Å²) >= 11 is 0. The van der Waals surface area contributed by atoms with E-state index in [9.17, 15) is 9.90 Å². The number of carbonyl (C=O) groups is 1. The Balaban J connectivity index is 1.42. The van der Waals surface area contributed by atoms with E-state index < -0.39 is 6.04 Å². The van der Waals surface area contributed by atoms with Gasteiger partial charge in [-0.3, -0.25) is 4.79 Å². The van der Waals surface area contributed by atoms with E-state index in [0.29, 0.717) is 42.2 Å². The van der Waals surface area contributed by atoms with Crippen LogP contribution in [0.5, 0.6) is 17.2 Å². The van der Waals surface area contributed by atoms with Gasteiger partial charge < -0.3 is 34.2 Å². The first-order chi connectivity index (χ1) is 20.1. The molecule has 0 saturated carbocycles. The molecule has 2 aromatic heterocycles. The fourth-order valence-corrected chi connectivity index (χ4v) is 5.99. The number of aromatic nitrogens is 2. The van der Waals surface area contributed by atoms with E-state index in [1.165, 1.54) is 0 Å². The number of methoxy groups -OCH3 is 3. The molecule has 0 radical (unpaired) electrons. The maximum Gasteiger partial charge on any atom is 0.253 e. The standard InChI is InChI=1S/C33H33N3O5/c1-39-29-17-25-24(31(40-2)32(29)41-3)13-14-36-28(25)16-26(30(36)20-9-5-4-6-10-20)33(38)35-22(19-37)15-21-18-34-27-12-8-7-11-23(21)27/h4-12,16-18,22,34,37H,13-15,19H2,1-3H3,(H,35,38)/t22-/m1/s1. The van der Waals surface area contributed by atoms with Crippen molar-refractivity contribution < 1.29 is 24.1 Å². The van der Waals surface area contributed by atoms with Crippen LogP contribution in [0.4, 0.5) is 0 Å². The van der Waals surface area contributed by atoms with Crippen LogP contribution in [-0.2, 0) is 19.4 Å². The summed E-state index contributed by atoms with van der Waals surface area (Å²) in [7, 11) is 4.83. The van der Waals surface area contributed by atoms with E-state index >= 15 is 0 Å². The van der Waals surface area contributed by atoms with E-state index in [-0.39, 0.29) is 12.5 Å². The number of ether oxygens (including phenoxy) is 3. The zero-order valence-corrected chi connectivity index (χ0v) is 23.4. The molecule has 1 aliphatic heterocycles. The quantitative estimate of drug-likeness (QED) is 0.233. The zero-order chi connectivity index (χ0) is 28.5. The monoisotopic (exact) mass is 551 g/mol. The molecular weight excluding hydrogens is 518 g/mol. The average Bonchev–Trinajstić information content (AvgIpc) is 3.62. The van der Waals surface area contributed by atoms with Crippen molar-refractivity contribution in [1.29, 1.82) is 0 Å². The summed E-state index contributed by atoms with van der Waals surface area (Å²) in [5.41, 5.74) is 7.23. The maximum absolute atomic E-state index is 14.0. The lowest BCUT2D eigenvalue weighted by atomic mass is 9.96. The second-order valence-corrected chi connectivity index (χ2v) is 10.1. The molecule has 0 unspecified atom stereocenters. The van der Waals surface area contributed by atoms with Gasteiger partial charge in [0.15, 0.2) is 11.5 Å². The van der Waals surface area contributed by atoms with Crippen molar-refractivity contribution in [3.05, 3.63) is 89.6 Å². The Labute approximate surface area is 238 Å². The molecule has 0 saturated heterocycles. The Hall–Kier alpha value is -4.69. The first kappa shape index (κ1) is 26.5. The lowest BCUT2D eigenvalue weighted by Gasteiger charge is -2.25. The van der Waals surface area contributed by atoms with Crippen molar-refractivity contribution in [3.8, 4) is 39.8 Å². The van der Waals surface area contributed by atoms with E-state index in [4.69, 9.17) is 14.2 Å². The van der Waals surface area contributed by atoms with Gasteiger partial charge in [0.05, 0.1) is 45.2 Å². The molecule has 3 heterocycles. The summed E-state index contributed by atoms with van der Waals surface area (Å²) < 4.78 is 19.3. The molecule has 0 bridgehead atoms. The molecule has 1 amide bonds. The molecule has 1 atom stereocenters. The van der Waals surface area contributed by atoms with E-state index in [2.05, 4.69) is 14.9 Å². The van der Waals surface area contributed by atoms with Crippen LogP contribution in [0.25, 0.3) is 33.4 Å². The van der Waals surface area contributed by atoms with Crippen LogP contribution >= 0.6 is 0 Å². The Kier molecular flexibility index (Phi) is 7.15. The number of rotatable bonds is 9. The van der Waals surface area contributed by atoms with Crippen molar-refractivity contribution in [3.63, 3.8) is 0 Å². The van der Waals surface area contributed by atoms with Crippen molar-refractivity contribution >= 4 is 16.8 Å². The highest BCUT2D eigenvalue weighted by Crippen LogP contribution is 2.48. The second kappa shape index (κ2) is 11.1. The highest BCUT2D eigenvalue weighted by molar-refractivity contribution is 6.02. The predicted molar refractivity (Wildman–Crippen MR) is 159 cm³/mol. The van der Waals surface area contributed by atoms with E-state index in [1.54, 1.807) is 21.3 Å². The molecule has 0 fully saturated rings. The van der Waals surface area contributed by atoms with Crippen LogP contribution in [0, 0.1) is 0 Å². The number of hydrogen-bond acceptors (Lipinski definition) is 5. The SMILES string of the molecule is COc1cc2c(c(OC)c1OC)CCn1c-2cc(C(=O)N[C@@H](CO)Cc2c[nH]c3ccccc23)c1-c1ccccc1. The van der Waals surface area contributed by atoms with Crippen LogP contribution in [0.1, 0.15) is 21.5 Å². The van der Waals surface area contributed by atoms with Gasteiger partial charge in [-0.1, -0.05) is 48.5 Å². The summed E-state index contributed by atoms with van der Waals surface area (Å²) in [6.45, 7) is 0.473. The largest absolute Gasteiger partial charge is 0.493 e. The number of amides is 1. The lowest BCUT2D eigenvalue weighted by Crippen LogP contribution is -2.39. The fraction of sp³-hybridized carbons (Fsp3) is 0.242. The van der Waals surface area contributed by atoms with Crippen LogP contribution in [0.3, 0.4) is 0 Å². The average molecular weight is 552 g/mol. The maximum atomic E-state index is 14.0. The van der Waals surface area contributed by atoms with Crippen LogP contribution in [0.15, 0.2) is 72.9 Å². The lowest BCUT2D eigenvalue weighted by molar-refractivity contribution is 0.0917. The normalized spacial score (nSPS) is 12.9. The molecule has 1 aliphatic rings. The molecule has 0 spiro atoms. The molecule has 41 heavy (non-hydrogen) atoms. The molecule has 210 valence electrons. The summed E-state index contributed by atoms with van der Waals surface area (Å²) in [6.07, 6.45) is 3.14. The Morgan fingerprint density at radius 1 is 1.00 bits per heavy atom. The van der Waals surface area contributed by atoms with Crippen molar-refractivity contribution in [1.82, 2.24) is 14.9 Å². The molecule has 6 rings (SSSR count). The third-order valence-electron chi connectivity index (χ3n) is 7.88. The third kappa shape index (κ3) is 4.60. The van der Waals surface area contributed by atoms with Crippen LogP contribution < -0.4 is 19.5 Å². The Morgan fingerprint density at radius 2 is 1.76 bits per heavy atom. The molecule has 3 N–H and O–H groups in total. The van der Waals surface area contributed by atoms with Gasteiger partial charge in [-0.2, -0.15) is 0 Å². The molecule has 8 nitrogen and oxygen atoms in total. The van der Waals surface area contributed by atoms with Gasteiger partial charge in [0.2, 0.25) is 5.75 Å². The number of benzene rings is 3. The van der Waals surface area contributed by atoms with Crippen molar-refractivity contribution in [2.75, 3.05) is 27.9 Å². The number of hydrogen-bond donors (Lipinski definition) is 3. The number of H-pyrrole nitrogens is 1. The minimum Gasteiger partial charge on any atom is -0.493 e. The molecule has 5 aromatic rings. The second-order valence-electron chi connectivity index (χ2n) is 10.1. The number of fused-ring (bicyclic) bond motifs is 4. The molecule has 8 heteroatoms. The highest BCUT2D eigenvalue weighted by atomic mass is 16.5. The minimum absolute atomic E-state index is 0.184. The fourth-order valence-electron chi connectivity index (χ4n) is 5.99. The first-order valence-corrected chi connectivity index (χ1v) is 13.7. The van der Waals surface area contributed by atoms with Gasteiger partial charge in [0.1, 0.15) is 0 Å². The van der Waals surface area contributed by atoms with E-state index in [0.717, 1.165) is 44.5 Å². The van der Waals surface area contributed by atoms with Crippen LogP contribution in [0.2, 0.25) is 0 Å². The molecular formula is C33H33N3O5. The summed E-state index contributed by atoms with van der Waals surface area (Å²) in [5.74, 6) is 1.52. The topological polar surface area (TPSA) is 97.7 Å². The summed E-state index contributed by atoms with van der Waals surface area (Å²) in [4.78, 5) is 17.2. The smallest absolute Gasteiger partial charge is 0.253 e. The van der Waals surface area contributed by atoms with Gasteiger partial charge in [-0.25, -0.2) is 0 Å². The number of nitrogens with zero attached hydrogens (tertiary/aromatic N) is 1. The number of aliphatic hydroxyl groups excluding tert-OH is 1. The number of para-hydroxylation sites is 1. The van der Waals surface area contributed by atoms with Gasteiger partial charge in [-0.15, -0.1) is 0 Å². The first-order valence-electron chi connectivity index (χ1n) is 13.7. The minimum atomic E-state index is -0.459. The van der Waals surface area contributed by atoms with Crippen molar-refractivity contribution in [2.45, 2.75) is 25.4 Å². The number of aliphatic hydroxyl groups is 1. The van der Waals surface area contributed by atoms with Crippen molar-refractivity contribution in [2.24, 2.45) is 0 Å². The van der Waals surface area contributed by atoms with Gasteiger partial charge in [0, 0.05) is 40.5 Å². The number of nitrogens with one attached hydrogen (secondary N) is 2. The van der Waals surface area contributed by atoms with Gasteiger partial charge in [0.25, 0.3) is 5.91 Å². The molecule has 0 aliphatic carbocycles. The van der Waals surface area contributed by atoms with Gasteiger partial charge in [-0.05, 0) is 42.2 Å². The Morgan fingerprint density at radius 3 is 2.49 bits per heavy atom. The summed E-state index contributed by atoms with van der Waals surface area (Å²) in [6, 6.07) is 21.4. The van der Waals surface area contributed by atoms with E-state index in [1.807, 2.05) is 72.9 Å². The molecule has 3 aromatic carbocycles. The number of aromatic amines is 1. The Bertz CT molecular complexity index is 1720. The predicted octanol–water partition coefficient (Wildman–Crippen LogP) is 5.22. The highest BCUT2D eigenvalue weighted by Gasteiger charge is 2.31. The number of carbonyl (C=O) groups excluding carboxylic acids is 1.